The van der Waals surface area contributed by atoms with Crippen molar-refractivity contribution in [2.75, 3.05) is 4.90 Å². The average Bonchev–Trinajstić information content (AvgIpc) is 2.57. The van der Waals surface area contributed by atoms with Crippen molar-refractivity contribution in [2.24, 2.45) is 0 Å². The minimum Gasteiger partial charge on any atom is -0.308 e. The standard InChI is InChI=1S/C17H13N3O3/c18-10-14-9-15-13(8-16(14)20(22)23)6-7-17(21)19(15)11-12-4-2-1-3-5-12/h1-5,8-9H,6-7,11H2. The van der Waals surface area contributed by atoms with Crippen LogP contribution in [-0.4, -0.2) is 10.8 Å². The first kappa shape index (κ1) is 14.7. The van der Waals surface area contributed by atoms with E-state index < -0.39 is 4.92 Å². The van der Waals surface area contributed by atoms with Gasteiger partial charge in [-0.1, -0.05) is 30.3 Å². The molecule has 0 radical (unpaired) electrons. The van der Waals surface area contributed by atoms with Crippen molar-refractivity contribution in [1.82, 2.24) is 0 Å². The number of amides is 1. The van der Waals surface area contributed by atoms with Gasteiger partial charge in [-0.05, 0) is 23.6 Å². The maximum absolute atomic E-state index is 12.3. The van der Waals surface area contributed by atoms with Crippen LogP contribution in [-0.2, 0) is 17.8 Å². The quantitative estimate of drug-likeness (QED) is 0.644. The van der Waals surface area contributed by atoms with Crippen molar-refractivity contribution in [3.63, 3.8) is 0 Å². The Hall–Kier alpha value is -3.20. The highest BCUT2D eigenvalue weighted by Gasteiger charge is 2.28. The average molecular weight is 307 g/mol. The van der Waals surface area contributed by atoms with Crippen LogP contribution in [0.4, 0.5) is 11.4 Å². The van der Waals surface area contributed by atoms with Gasteiger partial charge in [0.2, 0.25) is 5.91 Å². The number of hydrogen-bond donors (Lipinski definition) is 0. The molecule has 6 nitrogen and oxygen atoms in total. The second kappa shape index (κ2) is 5.89. The summed E-state index contributed by atoms with van der Waals surface area (Å²) in [7, 11) is 0. The lowest BCUT2D eigenvalue weighted by molar-refractivity contribution is -0.385. The van der Waals surface area contributed by atoms with Crippen LogP contribution in [0.5, 0.6) is 0 Å². The first-order chi connectivity index (χ1) is 11.1. The van der Waals surface area contributed by atoms with Gasteiger partial charge in [-0.15, -0.1) is 0 Å². The summed E-state index contributed by atoms with van der Waals surface area (Å²) in [6.07, 6.45) is 0.759. The molecule has 2 aromatic rings. The van der Waals surface area contributed by atoms with Crippen molar-refractivity contribution in [2.45, 2.75) is 19.4 Å². The van der Waals surface area contributed by atoms with Crippen molar-refractivity contribution < 1.29 is 9.72 Å². The summed E-state index contributed by atoms with van der Waals surface area (Å²) in [5.74, 6) is -0.0425. The first-order valence-electron chi connectivity index (χ1n) is 7.16. The summed E-state index contributed by atoms with van der Waals surface area (Å²) in [6, 6.07) is 14.2. The number of nitrogens with zero attached hydrogens (tertiary/aromatic N) is 3. The normalized spacial score (nSPS) is 13.3. The number of hydrogen-bond acceptors (Lipinski definition) is 4. The summed E-state index contributed by atoms with van der Waals surface area (Å²) >= 11 is 0. The molecule has 0 spiro atoms. The van der Waals surface area contributed by atoms with Crippen LogP contribution >= 0.6 is 0 Å². The summed E-state index contributed by atoms with van der Waals surface area (Å²) < 4.78 is 0. The number of aryl methyl sites for hydroxylation is 1. The Kier molecular flexibility index (Phi) is 3.77. The lowest BCUT2D eigenvalue weighted by Gasteiger charge is -2.29. The molecule has 1 heterocycles. The van der Waals surface area contributed by atoms with E-state index in [1.54, 1.807) is 4.90 Å². The third-order valence-electron chi connectivity index (χ3n) is 3.90. The van der Waals surface area contributed by atoms with Gasteiger partial charge in [0.15, 0.2) is 0 Å². The van der Waals surface area contributed by atoms with E-state index in [2.05, 4.69) is 0 Å². The fourth-order valence-electron chi connectivity index (χ4n) is 2.76. The molecule has 114 valence electrons. The number of nitriles is 1. The van der Waals surface area contributed by atoms with E-state index in [9.17, 15) is 14.9 Å². The van der Waals surface area contributed by atoms with Gasteiger partial charge in [-0.25, -0.2) is 0 Å². The number of benzene rings is 2. The molecule has 0 unspecified atom stereocenters. The fourth-order valence-corrected chi connectivity index (χ4v) is 2.76. The van der Waals surface area contributed by atoms with Gasteiger partial charge >= 0.3 is 0 Å². The predicted molar refractivity (Wildman–Crippen MR) is 83.8 cm³/mol. The Morgan fingerprint density at radius 1 is 1.22 bits per heavy atom. The van der Waals surface area contributed by atoms with Crippen LogP contribution in [0.2, 0.25) is 0 Å². The van der Waals surface area contributed by atoms with E-state index in [4.69, 9.17) is 5.26 Å². The van der Waals surface area contributed by atoms with E-state index >= 15 is 0 Å². The zero-order valence-corrected chi connectivity index (χ0v) is 12.2. The minimum atomic E-state index is -0.559. The van der Waals surface area contributed by atoms with Gasteiger partial charge in [0.05, 0.1) is 11.5 Å². The van der Waals surface area contributed by atoms with E-state index in [0.717, 1.165) is 11.1 Å². The molecule has 0 aliphatic carbocycles. The molecule has 0 saturated carbocycles. The lowest BCUT2D eigenvalue weighted by Crippen LogP contribution is -2.34. The molecular weight excluding hydrogens is 294 g/mol. The third kappa shape index (κ3) is 2.77. The summed E-state index contributed by atoms with van der Waals surface area (Å²) in [6.45, 7) is 0.384. The van der Waals surface area contributed by atoms with Gasteiger partial charge < -0.3 is 4.90 Å². The van der Waals surface area contributed by atoms with Crippen LogP contribution in [0.1, 0.15) is 23.1 Å². The Balaban J connectivity index is 2.06. The smallest absolute Gasteiger partial charge is 0.287 e. The van der Waals surface area contributed by atoms with Crippen molar-refractivity contribution >= 4 is 17.3 Å². The van der Waals surface area contributed by atoms with Crippen LogP contribution in [0, 0.1) is 21.4 Å². The Bertz CT molecular complexity index is 825. The number of carbonyl (C=O) groups is 1. The van der Waals surface area contributed by atoms with E-state index in [-0.39, 0.29) is 17.2 Å². The lowest BCUT2D eigenvalue weighted by atomic mass is 9.97. The van der Waals surface area contributed by atoms with Crippen LogP contribution < -0.4 is 4.90 Å². The zero-order chi connectivity index (χ0) is 16.4. The molecule has 0 fully saturated rings. The van der Waals surface area contributed by atoms with Crippen molar-refractivity contribution in [1.29, 1.82) is 5.26 Å². The number of nitro groups is 1. The maximum atomic E-state index is 12.3. The van der Waals surface area contributed by atoms with Gasteiger partial charge in [0.1, 0.15) is 11.6 Å². The van der Waals surface area contributed by atoms with E-state index in [1.807, 2.05) is 36.4 Å². The van der Waals surface area contributed by atoms with E-state index in [1.165, 1.54) is 12.1 Å². The van der Waals surface area contributed by atoms with Gasteiger partial charge in [-0.3, -0.25) is 14.9 Å². The van der Waals surface area contributed by atoms with Gasteiger partial charge in [0, 0.05) is 18.2 Å². The van der Waals surface area contributed by atoms with Crippen molar-refractivity contribution in [3.8, 4) is 6.07 Å². The molecule has 2 aromatic carbocycles. The molecule has 0 bridgehead atoms. The van der Waals surface area contributed by atoms with Crippen molar-refractivity contribution in [3.05, 3.63) is 69.3 Å². The summed E-state index contributed by atoms with van der Waals surface area (Å²) in [5.41, 5.74) is 2.05. The van der Waals surface area contributed by atoms with Gasteiger partial charge in [0.25, 0.3) is 5.69 Å². The molecular formula is C17H13N3O3. The summed E-state index contributed by atoms with van der Waals surface area (Å²) in [4.78, 5) is 24.4. The molecule has 1 amide bonds. The number of carbonyl (C=O) groups excluding carboxylic acids is 1. The molecule has 0 atom stereocenters. The monoisotopic (exact) mass is 307 g/mol. The second-order valence-corrected chi connectivity index (χ2v) is 5.33. The first-order valence-corrected chi connectivity index (χ1v) is 7.16. The molecule has 1 aliphatic rings. The molecule has 3 rings (SSSR count). The van der Waals surface area contributed by atoms with Crippen LogP contribution in [0.15, 0.2) is 42.5 Å². The molecule has 23 heavy (non-hydrogen) atoms. The highest BCUT2D eigenvalue weighted by molar-refractivity contribution is 5.97. The molecule has 6 heteroatoms. The molecule has 1 aliphatic heterocycles. The largest absolute Gasteiger partial charge is 0.308 e. The third-order valence-corrected chi connectivity index (χ3v) is 3.90. The summed E-state index contributed by atoms with van der Waals surface area (Å²) in [5, 5.41) is 20.2. The van der Waals surface area contributed by atoms with E-state index in [0.29, 0.717) is 25.1 Å². The SMILES string of the molecule is N#Cc1cc2c(cc1[N+](=O)[O-])CCC(=O)N2Cc1ccccc1. The number of anilines is 1. The Morgan fingerprint density at radius 2 is 1.96 bits per heavy atom. The van der Waals surface area contributed by atoms with Crippen LogP contribution in [0.25, 0.3) is 0 Å². The number of fused-ring (bicyclic) bond motifs is 1. The molecule has 0 N–H and O–H groups in total. The van der Waals surface area contributed by atoms with Gasteiger partial charge in [-0.2, -0.15) is 5.26 Å². The molecule has 0 saturated heterocycles. The Labute approximate surface area is 132 Å². The Morgan fingerprint density at radius 3 is 2.61 bits per heavy atom. The fraction of sp³-hybridized carbons (Fsp3) is 0.176. The highest BCUT2D eigenvalue weighted by Crippen LogP contribution is 2.34. The topological polar surface area (TPSA) is 87.2 Å². The zero-order valence-electron chi connectivity index (χ0n) is 12.2. The van der Waals surface area contributed by atoms with Crippen LogP contribution in [0.3, 0.4) is 0 Å². The number of nitro benzene ring substituents is 1. The second-order valence-electron chi connectivity index (χ2n) is 5.33. The number of rotatable bonds is 3. The molecule has 0 aromatic heterocycles. The predicted octanol–water partition coefficient (Wildman–Crippen LogP) is 2.95. The maximum Gasteiger partial charge on any atom is 0.287 e. The highest BCUT2D eigenvalue weighted by atomic mass is 16.6. The minimum absolute atomic E-state index is 0.0264.